The van der Waals surface area contributed by atoms with Crippen LogP contribution < -0.4 is 5.32 Å². The zero-order chi connectivity index (χ0) is 16.0. The van der Waals surface area contributed by atoms with Crippen LogP contribution in [0.3, 0.4) is 0 Å². The second-order valence-electron chi connectivity index (χ2n) is 5.48. The number of carbonyl (C=O) groups excluding carboxylic acids is 1. The van der Waals surface area contributed by atoms with Crippen molar-refractivity contribution in [3.8, 4) is 0 Å². The molecule has 6 nitrogen and oxygen atoms in total. The van der Waals surface area contributed by atoms with Crippen LogP contribution in [-0.2, 0) is 25.6 Å². The standard InChI is InChI=1S/C15H21NO5S/c1-22(18,19)21-14-9-7-13(8-10-14)16-15(17)20-11-12-5-3-2-4-6-12/h2-6,13-14H,7-11H2,1H3,(H,16,17). The van der Waals surface area contributed by atoms with Crippen molar-refractivity contribution in [1.82, 2.24) is 5.32 Å². The summed E-state index contributed by atoms with van der Waals surface area (Å²) in [5.74, 6) is 0. The van der Waals surface area contributed by atoms with Crippen LogP contribution in [0.5, 0.6) is 0 Å². The molecule has 22 heavy (non-hydrogen) atoms. The molecule has 0 aromatic heterocycles. The van der Waals surface area contributed by atoms with Gasteiger partial charge in [-0.3, -0.25) is 4.18 Å². The van der Waals surface area contributed by atoms with Gasteiger partial charge in [-0.05, 0) is 31.2 Å². The van der Waals surface area contributed by atoms with Crippen molar-refractivity contribution in [2.75, 3.05) is 6.26 Å². The van der Waals surface area contributed by atoms with E-state index in [1.54, 1.807) is 0 Å². The minimum absolute atomic E-state index is 0.00248. The maximum absolute atomic E-state index is 11.7. The quantitative estimate of drug-likeness (QED) is 0.839. The van der Waals surface area contributed by atoms with Gasteiger partial charge >= 0.3 is 6.09 Å². The molecule has 0 spiro atoms. The third-order valence-electron chi connectivity index (χ3n) is 3.52. The third-order valence-corrected chi connectivity index (χ3v) is 4.14. The Bertz CT molecular complexity index is 579. The largest absolute Gasteiger partial charge is 0.445 e. The molecule has 0 radical (unpaired) electrons. The summed E-state index contributed by atoms with van der Waals surface area (Å²) >= 11 is 0. The van der Waals surface area contributed by atoms with Crippen LogP contribution in [0.25, 0.3) is 0 Å². The summed E-state index contributed by atoms with van der Waals surface area (Å²) in [5.41, 5.74) is 0.933. The molecule has 1 aliphatic carbocycles. The van der Waals surface area contributed by atoms with Crippen molar-refractivity contribution in [1.29, 1.82) is 0 Å². The lowest BCUT2D eigenvalue weighted by Gasteiger charge is -2.27. The second-order valence-corrected chi connectivity index (χ2v) is 7.08. The van der Waals surface area contributed by atoms with Gasteiger partial charge in [0.15, 0.2) is 0 Å². The number of nitrogens with one attached hydrogen (secondary N) is 1. The van der Waals surface area contributed by atoms with E-state index >= 15 is 0 Å². The highest BCUT2D eigenvalue weighted by Gasteiger charge is 2.25. The van der Waals surface area contributed by atoms with E-state index in [1.165, 1.54) is 0 Å². The Hall–Kier alpha value is -1.60. The average molecular weight is 327 g/mol. The van der Waals surface area contributed by atoms with Crippen LogP contribution in [0.15, 0.2) is 30.3 Å². The van der Waals surface area contributed by atoms with E-state index in [4.69, 9.17) is 8.92 Å². The summed E-state index contributed by atoms with van der Waals surface area (Å²) in [4.78, 5) is 11.7. The monoisotopic (exact) mass is 327 g/mol. The molecular formula is C15H21NO5S. The number of hydrogen-bond donors (Lipinski definition) is 1. The lowest BCUT2D eigenvalue weighted by molar-refractivity contribution is 0.119. The van der Waals surface area contributed by atoms with Crippen LogP contribution >= 0.6 is 0 Å². The Balaban J connectivity index is 1.68. The number of alkyl carbamates (subject to hydrolysis) is 1. The summed E-state index contributed by atoms with van der Waals surface area (Å²) in [6.07, 6.45) is 2.90. The van der Waals surface area contributed by atoms with Crippen molar-refractivity contribution >= 4 is 16.2 Å². The van der Waals surface area contributed by atoms with Crippen LogP contribution in [0.4, 0.5) is 4.79 Å². The van der Waals surface area contributed by atoms with E-state index in [2.05, 4.69) is 5.32 Å². The molecule has 0 bridgehead atoms. The molecule has 2 rings (SSSR count). The lowest BCUT2D eigenvalue weighted by Crippen LogP contribution is -2.39. The molecule has 1 aromatic rings. The third kappa shape index (κ3) is 6.03. The molecule has 1 aliphatic rings. The molecule has 1 fully saturated rings. The van der Waals surface area contributed by atoms with Crippen molar-refractivity contribution in [2.45, 2.75) is 44.4 Å². The van der Waals surface area contributed by atoms with Gasteiger partial charge in [-0.2, -0.15) is 8.42 Å². The van der Waals surface area contributed by atoms with Crippen LogP contribution in [-0.4, -0.2) is 32.9 Å². The van der Waals surface area contributed by atoms with E-state index in [1.807, 2.05) is 30.3 Å². The Kier molecular flexibility index (Phi) is 5.79. The van der Waals surface area contributed by atoms with E-state index in [0.29, 0.717) is 25.7 Å². The van der Waals surface area contributed by atoms with Crippen LogP contribution in [0.1, 0.15) is 31.2 Å². The molecule has 0 saturated heterocycles. The number of rotatable bonds is 5. The number of benzene rings is 1. The Morgan fingerprint density at radius 1 is 1.18 bits per heavy atom. The normalized spacial score (nSPS) is 22.0. The van der Waals surface area contributed by atoms with Crippen LogP contribution in [0, 0.1) is 0 Å². The second kappa shape index (κ2) is 7.60. The molecule has 1 N–H and O–H groups in total. The highest BCUT2D eigenvalue weighted by Crippen LogP contribution is 2.22. The Morgan fingerprint density at radius 2 is 1.82 bits per heavy atom. The van der Waals surface area contributed by atoms with Crippen molar-refractivity contribution < 1.29 is 22.1 Å². The fourth-order valence-corrected chi connectivity index (χ4v) is 3.17. The highest BCUT2D eigenvalue weighted by molar-refractivity contribution is 7.86. The average Bonchev–Trinajstić information content (AvgIpc) is 2.47. The molecule has 0 unspecified atom stereocenters. The Labute approximate surface area is 130 Å². The molecule has 1 aromatic carbocycles. The molecule has 0 aliphatic heterocycles. The van der Waals surface area contributed by atoms with Gasteiger partial charge in [0, 0.05) is 6.04 Å². The molecule has 0 atom stereocenters. The molecule has 122 valence electrons. The molecule has 1 amide bonds. The summed E-state index contributed by atoms with van der Waals surface area (Å²) in [6.45, 7) is 0.235. The molecule has 0 heterocycles. The van der Waals surface area contributed by atoms with Gasteiger partial charge < -0.3 is 10.1 Å². The SMILES string of the molecule is CS(=O)(=O)OC1CCC(NC(=O)OCc2ccccc2)CC1. The van der Waals surface area contributed by atoms with Gasteiger partial charge in [0.1, 0.15) is 6.61 Å². The first kappa shape index (κ1) is 16.8. The molecular weight excluding hydrogens is 306 g/mol. The highest BCUT2D eigenvalue weighted by atomic mass is 32.2. The van der Waals surface area contributed by atoms with Gasteiger partial charge in [-0.1, -0.05) is 30.3 Å². The fourth-order valence-electron chi connectivity index (χ4n) is 2.48. The summed E-state index contributed by atoms with van der Waals surface area (Å²) in [5, 5.41) is 2.81. The Morgan fingerprint density at radius 3 is 2.41 bits per heavy atom. The minimum Gasteiger partial charge on any atom is -0.445 e. The lowest BCUT2D eigenvalue weighted by atomic mass is 9.93. The van der Waals surface area contributed by atoms with E-state index in [0.717, 1.165) is 11.8 Å². The molecule has 7 heteroatoms. The fraction of sp³-hybridized carbons (Fsp3) is 0.533. The number of amides is 1. The smallest absolute Gasteiger partial charge is 0.407 e. The first-order valence-electron chi connectivity index (χ1n) is 7.28. The summed E-state index contributed by atoms with van der Waals surface area (Å²) < 4.78 is 32.3. The molecule has 1 saturated carbocycles. The summed E-state index contributed by atoms with van der Waals surface area (Å²) in [6, 6.07) is 9.46. The van der Waals surface area contributed by atoms with Gasteiger partial charge in [0.05, 0.1) is 12.4 Å². The first-order valence-corrected chi connectivity index (χ1v) is 9.09. The van der Waals surface area contributed by atoms with Gasteiger partial charge in [0.2, 0.25) is 0 Å². The van der Waals surface area contributed by atoms with Crippen molar-refractivity contribution in [3.63, 3.8) is 0 Å². The zero-order valence-electron chi connectivity index (χ0n) is 12.5. The van der Waals surface area contributed by atoms with Crippen LogP contribution in [0.2, 0.25) is 0 Å². The maximum Gasteiger partial charge on any atom is 0.407 e. The summed E-state index contributed by atoms with van der Waals surface area (Å²) in [7, 11) is -3.42. The number of hydrogen-bond acceptors (Lipinski definition) is 5. The van der Waals surface area contributed by atoms with Gasteiger partial charge in [0.25, 0.3) is 10.1 Å². The zero-order valence-corrected chi connectivity index (χ0v) is 13.3. The van der Waals surface area contributed by atoms with E-state index < -0.39 is 16.2 Å². The predicted octanol–water partition coefficient (Wildman–Crippen LogP) is 2.20. The first-order chi connectivity index (χ1) is 10.4. The topological polar surface area (TPSA) is 81.7 Å². The predicted molar refractivity (Wildman–Crippen MR) is 81.7 cm³/mol. The van der Waals surface area contributed by atoms with Crippen molar-refractivity contribution in [3.05, 3.63) is 35.9 Å². The van der Waals surface area contributed by atoms with Gasteiger partial charge in [-0.15, -0.1) is 0 Å². The van der Waals surface area contributed by atoms with Crippen molar-refractivity contribution in [2.24, 2.45) is 0 Å². The maximum atomic E-state index is 11.7. The van der Waals surface area contributed by atoms with E-state index in [-0.39, 0.29) is 18.8 Å². The number of carbonyl (C=O) groups is 1. The van der Waals surface area contributed by atoms with Gasteiger partial charge in [-0.25, -0.2) is 4.79 Å². The van der Waals surface area contributed by atoms with E-state index in [9.17, 15) is 13.2 Å². The number of ether oxygens (including phenoxy) is 1. The minimum atomic E-state index is -3.42.